The lowest BCUT2D eigenvalue weighted by Gasteiger charge is -2.33. The Morgan fingerprint density at radius 3 is 2.58 bits per heavy atom. The standard InChI is InChI=1S/C8H14N2O2/c1-5(2)10-4-6(3)9-7(11)8(10)12/h5-6H,4H2,1-3H3,(H,9,11). The number of piperazine rings is 1. The second-order valence-corrected chi connectivity index (χ2v) is 3.43. The van der Waals surface area contributed by atoms with E-state index >= 15 is 0 Å². The molecule has 0 spiro atoms. The zero-order chi connectivity index (χ0) is 9.30. The maximum Gasteiger partial charge on any atom is 0.312 e. The summed E-state index contributed by atoms with van der Waals surface area (Å²) in [6, 6.07) is 0.170. The molecular weight excluding hydrogens is 156 g/mol. The van der Waals surface area contributed by atoms with Gasteiger partial charge in [0.25, 0.3) is 0 Å². The summed E-state index contributed by atoms with van der Waals surface area (Å²) in [4.78, 5) is 23.8. The van der Waals surface area contributed by atoms with Crippen molar-refractivity contribution >= 4 is 11.8 Å². The van der Waals surface area contributed by atoms with Crippen LogP contribution in [0.5, 0.6) is 0 Å². The Morgan fingerprint density at radius 2 is 2.08 bits per heavy atom. The topological polar surface area (TPSA) is 49.4 Å². The van der Waals surface area contributed by atoms with Crippen LogP contribution in [0.3, 0.4) is 0 Å². The average Bonchev–Trinajstić information content (AvgIpc) is 1.96. The van der Waals surface area contributed by atoms with Gasteiger partial charge in [0.15, 0.2) is 0 Å². The molecule has 1 rings (SSSR count). The number of amides is 2. The van der Waals surface area contributed by atoms with Gasteiger partial charge in [-0.3, -0.25) is 9.59 Å². The van der Waals surface area contributed by atoms with E-state index < -0.39 is 11.8 Å². The Morgan fingerprint density at radius 1 is 1.50 bits per heavy atom. The summed E-state index contributed by atoms with van der Waals surface area (Å²) in [7, 11) is 0. The van der Waals surface area contributed by atoms with Gasteiger partial charge in [-0.2, -0.15) is 0 Å². The predicted molar refractivity (Wildman–Crippen MR) is 44.5 cm³/mol. The Bertz CT molecular complexity index is 213. The van der Waals surface area contributed by atoms with E-state index in [1.807, 2.05) is 20.8 Å². The molecule has 0 aromatic carbocycles. The molecule has 1 N–H and O–H groups in total. The minimum atomic E-state index is -0.484. The molecule has 1 saturated heterocycles. The normalized spacial score (nSPS) is 24.7. The van der Waals surface area contributed by atoms with Gasteiger partial charge in [-0.1, -0.05) is 0 Å². The van der Waals surface area contributed by atoms with Crippen LogP contribution in [0.2, 0.25) is 0 Å². The molecule has 1 atom stereocenters. The fraction of sp³-hybridized carbons (Fsp3) is 0.750. The van der Waals surface area contributed by atoms with Crippen molar-refractivity contribution in [2.75, 3.05) is 6.54 Å². The Balaban J connectivity index is 2.73. The quantitative estimate of drug-likeness (QED) is 0.551. The van der Waals surface area contributed by atoms with E-state index in [0.29, 0.717) is 6.54 Å². The molecule has 4 nitrogen and oxygen atoms in total. The number of rotatable bonds is 1. The Labute approximate surface area is 71.9 Å². The first kappa shape index (κ1) is 9.03. The minimum absolute atomic E-state index is 0.0672. The van der Waals surface area contributed by atoms with Gasteiger partial charge < -0.3 is 10.2 Å². The molecule has 1 aliphatic rings. The van der Waals surface area contributed by atoms with Crippen molar-refractivity contribution < 1.29 is 9.59 Å². The van der Waals surface area contributed by atoms with Crippen molar-refractivity contribution in [3.63, 3.8) is 0 Å². The van der Waals surface area contributed by atoms with Crippen molar-refractivity contribution in [3.05, 3.63) is 0 Å². The molecule has 0 aliphatic carbocycles. The first-order valence-electron chi connectivity index (χ1n) is 4.14. The lowest BCUT2D eigenvalue weighted by atomic mass is 10.2. The van der Waals surface area contributed by atoms with E-state index in [4.69, 9.17) is 0 Å². The van der Waals surface area contributed by atoms with E-state index in [-0.39, 0.29) is 12.1 Å². The van der Waals surface area contributed by atoms with Crippen molar-refractivity contribution in [2.45, 2.75) is 32.9 Å². The van der Waals surface area contributed by atoms with Gasteiger partial charge in [-0.05, 0) is 20.8 Å². The number of nitrogens with one attached hydrogen (secondary N) is 1. The summed E-state index contributed by atoms with van der Waals surface area (Å²) in [5.41, 5.74) is 0. The maximum atomic E-state index is 11.2. The van der Waals surface area contributed by atoms with E-state index in [9.17, 15) is 9.59 Å². The third-order valence-electron chi connectivity index (χ3n) is 1.93. The summed E-state index contributed by atoms with van der Waals surface area (Å²) in [5, 5.41) is 2.58. The molecule has 1 aliphatic heterocycles. The van der Waals surface area contributed by atoms with E-state index in [0.717, 1.165) is 0 Å². The number of hydrogen-bond acceptors (Lipinski definition) is 2. The molecule has 0 aromatic rings. The van der Waals surface area contributed by atoms with Crippen LogP contribution in [-0.2, 0) is 9.59 Å². The molecule has 12 heavy (non-hydrogen) atoms. The zero-order valence-corrected chi connectivity index (χ0v) is 7.63. The highest BCUT2D eigenvalue weighted by Crippen LogP contribution is 2.05. The molecule has 0 saturated carbocycles. The summed E-state index contributed by atoms with van der Waals surface area (Å²) >= 11 is 0. The third-order valence-corrected chi connectivity index (χ3v) is 1.93. The molecule has 0 radical (unpaired) electrons. The lowest BCUT2D eigenvalue weighted by molar-refractivity contribution is -0.150. The summed E-state index contributed by atoms with van der Waals surface area (Å²) in [5.74, 6) is -0.898. The molecule has 0 aromatic heterocycles. The van der Waals surface area contributed by atoms with Crippen LogP contribution in [0.15, 0.2) is 0 Å². The zero-order valence-electron chi connectivity index (χ0n) is 7.63. The van der Waals surface area contributed by atoms with E-state index in [1.54, 1.807) is 4.90 Å². The largest absolute Gasteiger partial charge is 0.344 e. The minimum Gasteiger partial charge on any atom is -0.344 e. The van der Waals surface area contributed by atoms with Crippen LogP contribution in [0, 0.1) is 0 Å². The average molecular weight is 170 g/mol. The van der Waals surface area contributed by atoms with Crippen LogP contribution in [-0.4, -0.2) is 35.3 Å². The third kappa shape index (κ3) is 1.57. The van der Waals surface area contributed by atoms with Gasteiger partial charge in [0.2, 0.25) is 0 Å². The van der Waals surface area contributed by atoms with Crippen LogP contribution < -0.4 is 5.32 Å². The number of carbonyl (C=O) groups excluding carboxylic acids is 2. The molecule has 2 amide bonds. The van der Waals surface area contributed by atoms with Crippen molar-refractivity contribution in [2.24, 2.45) is 0 Å². The van der Waals surface area contributed by atoms with Crippen LogP contribution >= 0.6 is 0 Å². The molecule has 1 heterocycles. The van der Waals surface area contributed by atoms with Gasteiger partial charge in [0.1, 0.15) is 0 Å². The first-order chi connectivity index (χ1) is 5.52. The molecule has 1 fully saturated rings. The van der Waals surface area contributed by atoms with Crippen LogP contribution in [0.4, 0.5) is 0 Å². The summed E-state index contributed by atoms with van der Waals surface area (Å²) < 4.78 is 0. The Kier molecular flexibility index (Phi) is 2.35. The van der Waals surface area contributed by atoms with Crippen LogP contribution in [0.1, 0.15) is 20.8 Å². The second-order valence-electron chi connectivity index (χ2n) is 3.43. The van der Waals surface area contributed by atoms with Gasteiger partial charge >= 0.3 is 11.8 Å². The first-order valence-corrected chi connectivity index (χ1v) is 4.14. The van der Waals surface area contributed by atoms with Crippen LogP contribution in [0.25, 0.3) is 0 Å². The van der Waals surface area contributed by atoms with Crippen molar-refractivity contribution in [1.82, 2.24) is 10.2 Å². The van der Waals surface area contributed by atoms with Crippen molar-refractivity contribution in [1.29, 1.82) is 0 Å². The van der Waals surface area contributed by atoms with E-state index in [1.165, 1.54) is 0 Å². The lowest BCUT2D eigenvalue weighted by Crippen LogP contribution is -2.58. The summed E-state index contributed by atoms with van der Waals surface area (Å²) in [6.07, 6.45) is 0. The highest BCUT2D eigenvalue weighted by atomic mass is 16.2. The molecule has 4 heteroatoms. The maximum absolute atomic E-state index is 11.2. The van der Waals surface area contributed by atoms with Gasteiger partial charge in [0.05, 0.1) is 0 Å². The smallest absolute Gasteiger partial charge is 0.312 e. The number of carbonyl (C=O) groups is 2. The SMILES string of the molecule is CC1CN(C(C)C)C(=O)C(=O)N1. The van der Waals surface area contributed by atoms with Gasteiger partial charge in [-0.25, -0.2) is 0 Å². The molecule has 1 unspecified atom stereocenters. The molecule has 68 valence electrons. The second kappa shape index (κ2) is 3.13. The Hall–Kier alpha value is -1.06. The number of hydrogen-bond donors (Lipinski definition) is 1. The predicted octanol–water partition coefficient (Wildman–Crippen LogP) is -0.258. The van der Waals surface area contributed by atoms with Gasteiger partial charge in [-0.15, -0.1) is 0 Å². The fourth-order valence-electron chi connectivity index (χ4n) is 1.28. The molecular formula is C8H14N2O2. The highest BCUT2D eigenvalue weighted by Gasteiger charge is 2.31. The fourth-order valence-corrected chi connectivity index (χ4v) is 1.28. The number of nitrogens with zero attached hydrogens (tertiary/aromatic N) is 1. The van der Waals surface area contributed by atoms with Gasteiger partial charge in [0, 0.05) is 18.6 Å². The van der Waals surface area contributed by atoms with E-state index in [2.05, 4.69) is 5.32 Å². The monoisotopic (exact) mass is 170 g/mol. The summed E-state index contributed by atoms with van der Waals surface area (Å²) in [6.45, 7) is 6.31. The van der Waals surface area contributed by atoms with Crippen molar-refractivity contribution in [3.8, 4) is 0 Å². The molecule has 0 bridgehead atoms. The highest BCUT2D eigenvalue weighted by molar-refractivity contribution is 6.35.